The Balaban J connectivity index is 2.18. The van der Waals surface area contributed by atoms with E-state index in [0.29, 0.717) is 0 Å². The van der Waals surface area contributed by atoms with Gasteiger partial charge >= 0.3 is 7.60 Å². The maximum absolute atomic E-state index is 13.7. The van der Waals surface area contributed by atoms with Gasteiger partial charge in [0, 0.05) is 5.92 Å². The van der Waals surface area contributed by atoms with Crippen molar-refractivity contribution in [2.24, 2.45) is 0 Å². The van der Waals surface area contributed by atoms with E-state index in [0.717, 1.165) is 5.56 Å². The molecule has 0 spiro atoms. The Labute approximate surface area is 154 Å². The molecule has 1 aliphatic rings. The molecule has 2 atom stereocenters. The molecule has 26 heavy (non-hydrogen) atoms. The number of benzene rings is 2. The second kappa shape index (κ2) is 7.28. The van der Waals surface area contributed by atoms with Crippen LogP contribution in [0.15, 0.2) is 65.6 Å². The van der Waals surface area contributed by atoms with Crippen LogP contribution in [-0.2, 0) is 23.4 Å². The lowest BCUT2D eigenvalue weighted by Crippen LogP contribution is -2.28. The van der Waals surface area contributed by atoms with E-state index in [-0.39, 0.29) is 24.5 Å². The summed E-state index contributed by atoms with van der Waals surface area (Å²) in [4.78, 5) is 0.137. The summed E-state index contributed by atoms with van der Waals surface area (Å²) >= 11 is 0. The summed E-state index contributed by atoms with van der Waals surface area (Å²) < 4.78 is 50.2. The van der Waals surface area contributed by atoms with Crippen molar-refractivity contribution in [2.45, 2.75) is 35.6 Å². The number of hydrogen-bond acceptors (Lipinski definition) is 5. The molecule has 0 saturated heterocycles. The topological polar surface area (TPSA) is 69.7 Å². The molecule has 0 bridgehead atoms. The third kappa shape index (κ3) is 2.95. The first-order valence-electron chi connectivity index (χ1n) is 8.66. The second-order valence-electron chi connectivity index (χ2n) is 6.16. The molecule has 2 aromatic rings. The van der Waals surface area contributed by atoms with Gasteiger partial charge in [0.2, 0.25) is 0 Å². The van der Waals surface area contributed by atoms with Crippen LogP contribution in [0.1, 0.15) is 31.7 Å². The summed E-state index contributed by atoms with van der Waals surface area (Å²) in [5.41, 5.74) is 0.826. The summed E-state index contributed by atoms with van der Waals surface area (Å²) in [6, 6.07) is 17.4. The van der Waals surface area contributed by atoms with E-state index in [1.807, 2.05) is 30.3 Å². The predicted molar refractivity (Wildman–Crippen MR) is 101 cm³/mol. The van der Waals surface area contributed by atoms with Crippen LogP contribution in [0.5, 0.6) is 0 Å². The van der Waals surface area contributed by atoms with E-state index in [4.69, 9.17) is 9.05 Å². The molecule has 2 aromatic carbocycles. The Morgan fingerprint density at radius 2 is 1.46 bits per heavy atom. The zero-order valence-electron chi connectivity index (χ0n) is 14.9. The fraction of sp³-hybridized carbons (Fsp3) is 0.368. The fourth-order valence-corrected chi connectivity index (χ4v) is 9.20. The molecule has 0 amide bonds. The van der Waals surface area contributed by atoms with Gasteiger partial charge < -0.3 is 9.05 Å². The van der Waals surface area contributed by atoms with Gasteiger partial charge in [-0.1, -0.05) is 48.5 Å². The highest BCUT2D eigenvalue weighted by Crippen LogP contribution is 2.80. The molecule has 0 aliphatic heterocycles. The van der Waals surface area contributed by atoms with Crippen molar-refractivity contribution in [3.05, 3.63) is 66.2 Å². The van der Waals surface area contributed by atoms with E-state index in [1.165, 1.54) is 12.1 Å². The van der Waals surface area contributed by atoms with Crippen LogP contribution in [0.3, 0.4) is 0 Å². The molecule has 1 aliphatic carbocycles. The standard InChI is InChI=1S/C19H23O5PS/c1-3-23-25(20,24-4-2)19(15-18(19)16-11-7-5-8-12-16)26(21,22)17-13-9-6-10-14-17/h5-14,18H,3-4,15H2,1-2H3/t18-,19+/m0/s1. The maximum atomic E-state index is 13.7. The molecule has 0 radical (unpaired) electrons. The van der Waals surface area contributed by atoms with Crippen molar-refractivity contribution in [2.75, 3.05) is 13.2 Å². The number of rotatable bonds is 8. The molecule has 5 nitrogen and oxygen atoms in total. The minimum absolute atomic E-state index is 0.116. The largest absolute Gasteiger partial charge is 0.352 e. The molecule has 1 fully saturated rings. The second-order valence-corrected chi connectivity index (χ2v) is 11.0. The smallest absolute Gasteiger partial charge is 0.308 e. The molecule has 0 N–H and O–H groups in total. The van der Waals surface area contributed by atoms with E-state index in [9.17, 15) is 13.0 Å². The van der Waals surface area contributed by atoms with Gasteiger partial charge in [-0.3, -0.25) is 4.57 Å². The molecule has 1 saturated carbocycles. The molecular weight excluding hydrogens is 371 g/mol. The van der Waals surface area contributed by atoms with Crippen LogP contribution >= 0.6 is 7.60 Å². The molecule has 3 rings (SSSR count). The van der Waals surface area contributed by atoms with E-state index in [2.05, 4.69) is 0 Å². The Hall–Kier alpha value is -1.46. The van der Waals surface area contributed by atoms with Crippen LogP contribution in [0, 0.1) is 0 Å². The summed E-state index contributed by atoms with van der Waals surface area (Å²) in [5.74, 6) is -0.433. The van der Waals surface area contributed by atoms with Gasteiger partial charge in [-0.15, -0.1) is 0 Å². The van der Waals surface area contributed by atoms with Crippen LogP contribution in [0.2, 0.25) is 0 Å². The van der Waals surface area contributed by atoms with Gasteiger partial charge in [0.25, 0.3) is 0 Å². The van der Waals surface area contributed by atoms with Gasteiger partial charge in [-0.05, 0) is 38.0 Å². The zero-order chi connectivity index (χ0) is 18.8. The first kappa shape index (κ1) is 19.3. The highest BCUT2D eigenvalue weighted by atomic mass is 32.2. The quantitative estimate of drug-likeness (QED) is 0.612. The lowest BCUT2D eigenvalue weighted by atomic mass is 10.1. The third-order valence-corrected chi connectivity index (χ3v) is 10.9. The zero-order valence-corrected chi connectivity index (χ0v) is 16.6. The predicted octanol–water partition coefficient (Wildman–Crippen LogP) is 4.61. The van der Waals surface area contributed by atoms with Crippen LogP contribution in [-0.4, -0.2) is 26.1 Å². The molecule has 0 aromatic heterocycles. The Morgan fingerprint density at radius 1 is 0.962 bits per heavy atom. The fourth-order valence-electron chi connectivity index (χ4n) is 3.44. The third-order valence-electron chi connectivity index (χ3n) is 4.66. The number of hydrogen-bond donors (Lipinski definition) is 0. The van der Waals surface area contributed by atoms with Crippen molar-refractivity contribution >= 4 is 17.4 Å². The SMILES string of the molecule is CCOP(=O)(OCC)[C@@]1(S(=O)(=O)c2ccccc2)C[C@H]1c1ccccc1. The lowest BCUT2D eigenvalue weighted by Gasteiger charge is -2.27. The maximum Gasteiger partial charge on any atom is 0.352 e. The Bertz CT molecular complexity index is 888. The summed E-state index contributed by atoms with van der Waals surface area (Å²) in [7, 11) is -7.85. The van der Waals surface area contributed by atoms with Gasteiger partial charge in [0.05, 0.1) is 18.1 Å². The minimum Gasteiger partial charge on any atom is -0.308 e. The average Bonchev–Trinajstić information content (AvgIpc) is 3.42. The van der Waals surface area contributed by atoms with Crippen molar-refractivity contribution in [1.82, 2.24) is 0 Å². The Kier molecular flexibility index (Phi) is 5.40. The lowest BCUT2D eigenvalue weighted by molar-refractivity contribution is 0.215. The average molecular weight is 394 g/mol. The van der Waals surface area contributed by atoms with E-state index >= 15 is 0 Å². The Morgan fingerprint density at radius 3 is 1.96 bits per heavy atom. The summed E-state index contributed by atoms with van der Waals surface area (Å²) in [5, 5.41) is 0. The van der Waals surface area contributed by atoms with Crippen LogP contribution in [0.4, 0.5) is 0 Å². The van der Waals surface area contributed by atoms with Crippen molar-refractivity contribution in [3.63, 3.8) is 0 Å². The van der Waals surface area contributed by atoms with E-state index in [1.54, 1.807) is 32.0 Å². The summed E-state index contributed by atoms with van der Waals surface area (Å²) in [6.45, 7) is 3.61. The highest BCUT2D eigenvalue weighted by Gasteiger charge is 2.76. The molecule has 0 heterocycles. The molecular formula is C19H23O5PS. The molecule has 140 valence electrons. The van der Waals surface area contributed by atoms with Crippen molar-refractivity contribution < 1.29 is 22.0 Å². The number of sulfone groups is 1. The first-order chi connectivity index (χ1) is 12.4. The van der Waals surface area contributed by atoms with Crippen molar-refractivity contribution in [3.8, 4) is 0 Å². The molecule has 7 heteroatoms. The summed E-state index contributed by atoms with van der Waals surface area (Å²) in [6.07, 6.45) is 0.214. The minimum atomic E-state index is -3.94. The first-order valence-corrected chi connectivity index (χ1v) is 11.7. The van der Waals surface area contributed by atoms with E-state index < -0.39 is 27.8 Å². The van der Waals surface area contributed by atoms with Gasteiger partial charge in [-0.2, -0.15) is 0 Å². The highest BCUT2D eigenvalue weighted by molar-refractivity contribution is 8.00. The van der Waals surface area contributed by atoms with Gasteiger partial charge in [0.1, 0.15) is 0 Å². The van der Waals surface area contributed by atoms with Crippen molar-refractivity contribution in [1.29, 1.82) is 0 Å². The monoisotopic (exact) mass is 394 g/mol. The van der Waals surface area contributed by atoms with Crippen LogP contribution < -0.4 is 0 Å². The van der Waals surface area contributed by atoms with Gasteiger partial charge in [-0.25, -0.2) is 8.42 Å². The normalized spacial score (nSPS) is 22.9. The van der Waals surface area contributed by atoms with Gasteiger partial charge in [0.15, 0.2) is 14.3 Å². The van der Waals surface area contributed by atoms with Crippen LogP contribution in [0.25, 0.3) is 0 Å². The molecule has 0 unspecified atom stereocenters.